The van der Waals surface area contributed by atoms with E-state index >= 15 is 0 Å². The van der Waals surface area contributed by atoms with Crippen LogP contribution in [0.2, 0.25) is 0 Å². The second kappa shape index (κ2) is 17.4. The monoisotopic (exact) mass is 1040 g/mol. The number of furan rings is 2. The smallest absolute Gasteiger partial charge is 0.140 e. The van der Waals surface area contributed by atoms with E-state index in [0.717, 1.165) is 94.4 Å². The maximum atomic E-state index is 6.40. The Morgan fingerprint density at radius 1 is 0.455 bits per heavy atom. The van der Waals surface area contributed by atoms with Crippen molar-refractivity contribution in [1.82, 2.24) is 19.1 Å². The van der Waals surface area contributed by atoms with Gasteiger partial charge >= 0.3 is 0 Å². The Labute approximate surface area is 397 Å². The molecule has 8 aromatic carbocycles. The standard InChI is InChI=1S/C31H27N2O.C28H21N2O.Ir/c1-19(2)21-12-9-13-22(20(3)4)29(21)33-27-17-7-6-16-26(27)32-31(33)25-15-10-14-24-23-11-5-8-18-28(23)34-30(24)25;1-18(2)26-24(17-16-21-20-12-6-9-15-25(20)31-27(21)26)30-23-14-8-7-13-22(23)29-28(30)19-10-4-3-5-11-19;/h5-14,16-20H,1-4H3;3-10,12-18H,1-2H3;/q2*-1;. The normalized spacial score (nSPS) is 11.8. The molecule has 0 spiro atoms. The topological polar surface area (TPSA) is 61.9 Å². The Kier molecular flexibility index (Phi) is 11.3. The molecule has 0 unspecified atom stereocenters. The van der Waals surface area contributed by atoms with Crippen LogP contribution in [0.25, 0.3) is 100 Å². The van der Waals surface area contributed by atoms with Crippen LogP contribution in [0.15, 0.2) is 173 Å². The molecule has 327 valence electrons. The van der Waals surface area contributed by atoms with E-state index in [9.17, 15) is 0 Å². The van der Waals surface area contributed by atoms with E-state index in [2.05, 4.69) is 166 Å². The number of hydrogen-bond donors (Lipinski definition) is 0. The fourth-order valence-corrected chi connectivity index (χ4v) is 9.58. The Bertz CT molecular complexity index is 3690. The first-order valence-corrected chi connectivity index (χ1v) is 22.6. The zero-order valence-corrected chi connectivity index (χ0v) is 40.2. The predicted molar refractivity (Wildman–Crippen MR) is 268 cm³/mol. The van der Waals surface area contributed by atoms with Gasteiger partial charge < -0.3 is 18.0 Å². The summed E-state index contributed by atoms with van der Waals surface area (Å²) in [5, 5.41) is 4.50. The maximum Gasteiger partial charge on any atom is 0.140 e. The Hall–Kier alpha value is -7.05. The molecule has 0 aliphatic rings. The molecular weight excluding hydrogens is 989 g/mol. The first-order valence-electron chi connectivity index (χ1n) is 22.6. The molecular formula is C59H48IrN4O2-2. The van der Waals surface area contributed by atoms with E-state index in [4.69, 9.17) is 18.8 Å². The zero-order valence-electron chi connectivity index (χ0n) is 37.8. The molecule has 7 heteroatoms. The third-order valence-corrected chi connectivity index (χ3v) is 12.6. The summed E-state index contributed by atoms with van der Waals surface area (Å²) in [6.45, 7) is 13.5. The van der Waals surface area contributed by atoms with Crippen LogP contribution in [-0.2, 0) is 20.1 Å². The second-order valence-electron chi connectivity index (χ2n) is 17.7. The van der Waals surface area contributed by atoms with Gasteiger partial charge in [0.05, 0.1) is 39.3 Å². The van der Waals surface area contributed by atoms with Gasteiger partial charge in [0.2, 0.25) is 0 Å². The van der Waals surface area contributed by atoms with Gasteiger partial charge in [0.1, 0.15) is 16.7 Å². The van der Waals surface area contributed by atoms with Crippen LogP contribution in [0.1, 0.15) is 76.0 Å². The Morgan fingerprint density at radius 3 is 1.64 bits per heavy atom. The fourth-order valence-electron chi connectivity index (χ4n) is 9.58. The number of benzene rings is 8. The van der Waals surface area contributed by atoms with E-state index in [-0.39, 0.29) is 26.0 Å². The summed E-state index contributed by atoms with van der Waals surface area (Å²) < 4.78 is 17.4. The summed E-state index contributed by atoms with van der Waals surface area (Å²) in [5.74, 6) is 2.76. The van der Waals surface area contributed by atoms with Crippen molar-refractivity contribution >= 4 is 65.9 Å². The minimum Gasteiger partial charge on any atom is -0.501 e. The number of rotatable bonds is 7. The maximum absolute atomic E-state index is 6.40. The molecule has 0 N–H and O–H groups in total. The molecule has 12 aromatic rings. The number of para-hydroxylation sites is 7. The summed E-state index contributed by atoms with van der Waals surface area (Å²) in [6.07, 6.45) is 0. The van der Waals surface area contributed by atoms with Gasteiger partial charge in [0.15, 0.2) is 0 Å². The summed E-state index contributed by atoms with van der Waals surface area (Å²) in [5.41, 5.74) is 15.7. The van der Waals surface area contributed by atoms with Gasteiger partial charge in [-0.05, 0) is 77.4 Å². The Morgan fingerprint density at radius 2 is 1.02 bits per heavy atom. The number of nitrogens with zero attached hydrogens (tertiary/aromatic N) is 4. The molecule has 0 fully saturated rings. The van der Waals surface area contributed by atoms with Crippen molar-refractivity contribution in [2.24, 2.45) is 0 Å². The van der Waals surface area contributed by atoms with Crippen LogP contribution in [0.5, 0.6) is 0 Å². The van der Waals surface area contributed by atoms with Gasteiger partial charge in [0, 0.05) is 53.2 Å². The predicted octanol–water partition coefficient (Wildman–Crippen LogP) is 16.2. The first kappa shape index (κ1) is 42.9. The molecule has 12 rings (SSSR count). The van der Waals surface area contributed by atoms with Crippen LogP contribution in [0.3, 0.4) is 0 Å². The minimum atomic E-state index is 0. The second-order valence-corrected chi connectivity index (χ2v) is 17.7. The van der Waals surface area contributed by atoms with Crippen LogP contribution in [0.4, 0.5) is 0 Å². The summed E-state index contributed by atoms with van der Waals surface area (Å²) in [6, 6.07) is 63.1. The van der Waals surface area contributed by atoms with Gasteiger partial charge in [-0.15, -0.1) is 54.1 Å². The van der Waals surface area contributed by atoms with Gasteiger partial charge in [-0.1, -0.05) is 131 Å². The van der Waals surface area contributed by atoms with Crippen LogP contribution in [-0.4, -0.2) is 19.1 Å². The largest absolute Gasteiger partial charge is 0.501 e. The van der Waals surface area contributed by atoms with Crippen molar-refractivity contribution in [3.05, 3.63) is 193 Å². The fraction of sp³-hybridized carbons (Fsp3) is 0.153. The molecule has 0 saturated carbocycles. The van der Waals surface area contributed by atoms with Gasteiger partial charge in [-0.25, -0.2) is 0 Å². The van der Waals surface area contributed by atoms with Crippen molar-refractivity contribution < 1.29 is 28.9 Å². The zero-order chi connectivity index (χ0) is 44.3. The molecule has 6 nitrogen and oxygen atoms in total. The summed E-state index contributed by atoms with van der Waals surface area (Å²) >= 11 is 0. The molecule has 0 bridgehead atoms. The molecule has 4 aromatic heterocycles. The van der Waals surface area contributed by atoms with Crippen molar-refractivity contribution in [2.75, 3.05) is 0 Å². The average molecular weight is 1040 g/mol. The van der Waals surface area contributed by atoms with E-state index < -0.39 is 0 Å². The molecule has 0 amide bonds. The van der Waals surface area contributed by atoms with Gasteiger partial charge in [-0.3, -0.25) is 9.97 Å². The number of aromatic nitrogens is 4. The third-order valence-electron chi connectivity index (χ3n) is 12.6. The van der Waals surface area contributed by atoms with Crippen LogP contribution >= 0.6 is 0 Å². The molecule has 0 aliphatic carbocycles. The van der Waals surface area contributed by atoms with Gasteiger partial charge in [-0.2, -0.15) is 0 Å². The van der Waals surface area contributed by atoms with Crippen LogP contribution in [0, 0.1) is 12.1 Å². The molecule has 1 radical (unpaired) electrons. The van der Waals surface area contributed by atoms with Gasteiger partial charge in [0.25, 0.3) is 0 Å². The Balaban J connectivity index is 0.000000153. The van der Waals surface area contributed by atoms with Crippen LogP contribution < -0.4 is 0 Å². The SMILES string of the molecule is CC(C)c1c(-n2c(-c3[c-]cccc3)nc3ccccc32)ccc2c1oc1ccccc12.CC(C)c1cccc(C(C)C)c1-n1c(-c2[c-]ccc3c2oc2ccccc23)nc2ccccc21.[Ir]. The average Bonchev–Trinajstić information content (AvgIpc) is 4.11. The van der Waals surface area contributed by atoms with Crippen molar-refractivity contribution in [2.45, 2.75) is 59.3 Å². The molecule has 0 saturated heterocycles. The molecule has 66 heavy (non-hydrogen) atoms. The molecule has 0 aliphatic heterocycles. The summed E-state index contributed by atoms with van der Waals surface area (Å²) in [4.78, 5) is 10.1. The van der Waals surface area contributed by atoms with E-state index in [1.807, 2.05) is 60.7 Å². The van der Waals surface area contributed by atoms with Crippen molar-refractivity contribution in [3.63, 3.8) is 0 Å². The number of imidazole rings is 2. The quantitative estimate of drug-likeness (QED) is 0.149. The van der Waals surface area contributed by atoms with E-state index in [1.54, 1.807) is 0 Å². The first-order chi connectivity index (χ1) is 31.8. The number of hydrogen-bond acceptors (Lipinski definition) is 4. The summed E-state index contributed by atoms with van der Waals surface area (Å²) in [7, 11) is 0. The molecule has 0 atom stereocenters. The van der Waals surface area contributed by atoms with E-state index in [1.165, 1.54) is 22.4 Å². The number of fused-ring (bicyclic) bond motifs is 8. The minimum absolute atomic E-state index is 0. The third kappa shape index (κ3) is 7.15. The van der Waals surface area contributed by atoms with Crippen molar-refractivity contribution in [1.29, 1.82) is 0 Å². The van der Waals surface area contributed by atoms with Crippen molar-refractivity contribution in [3.8, 4) is 34.2 Å². The van der Waals surface area contributed by atoms with E-state index in [0.29, 0.717) is 11.8 Å². The molecule has 4 heterocycles.